The van der Waals surface area contributed by atoms with Crippen LogP contribution in [0.5, 0.6) is 0 Å². The fourth-order valence-electron chi connectivity index (χ4n) is 4.04. The van der Waals surface area contributed by atoms with Crippen LogP contribution in [0, 0.1) is 0 Å². The smallest absolute Gasteiger partial charge is 0.134 e. The Kier molecular flexibility index (Phi) is 4.97. The van der Waals surface area contributed by atoms with Crippen LogP contribution in [0.1, 0.15) is 11.1 Å². The quantitative estimate of drug-likeness (QED) is 0.453. The molecule has 0 aliphatic carbocycles. The molecule has 31 heavy (non-hydrogen) atoms. The van der Waals surface area contributed by atoms with E-state index in [9.17, 15) is 0 Å². The SMILES string of the molecule is Cl.c1cc(-c2ccc3[nH]nc(-c4cn(-c5ccc6c(c5)CNCC6)nn4)c3c2)ccn1. The van der Waals surface area contributed by atoms with Gasteiger partial charge >= 0.3 is 0 Å². The fraction of sp³-hybridized carbons (Fsp3) is 0.130. The van der Waals surface area contributed by atoms with Gasteiger partial charge in [-0.2, -0.15) is 5.10 Å². The molecule has 2 aromatic carbocycles. The molecule has 154 valence electrons. The van der Waals surface area contributed by atoms with Crippen molar-refractivity contribution in [1.82, 2.24) is 35.5 Å². The molecule has 0 spiro atoms. The van der Waals surface area contributed by atoms with E-state index in [2.05, 4.69) is 61.1 Å². The number of benzene rings is 2. The second kappa shape index (κ2) is 7.94. The Morgan fingerprint density at radius 3 is 2.71 bits per heavy atom. The highest BCUT2D eigenvalue weighted by atomic mass is 35.5. The zero-order valence-corrected chi connectivity index (χ0v) is 17.4. The summed E-state index contributed by atoms with van der Waals surface area (Å²) in [4.78, 5) is 4.10. The monoisotopic (exact) mass is 429 g/mol. The Bertz CT molecular complexity index is 1360. The molecule has 1 aliphatic rings. The van der Waals surface area contributed by atoms with Crippen molar-refractivity contribution < 1.29 is 0 Å². The van der Waals surface area contributed by atoms with Crippen LogP contribution in [0.2, 0.25) is 0 Å². The molecule has 0 saturated carbocycles. The maximum Gasteiger partial charge on any atom is 0.134 e. The van der Waals surface area contributed by atoms with Crippen molar-refractivity contribution in [2.24, 2.45) is 0 Å². The molecule has 5 aromatic rings. The van der Waals surface area contributed by atoms with Crippen molar-refractivity contribution in [2.75, 3.05) is 6.54 Å². The Labute approximate surface area is 184 Å². The number of aromatic nitrogens is 6. The van der Waals surface area contributed by atoms with Crippen LogP contribution in [-0.4, -0.2) is 36.7 Å². The van der Waals surface area contributed by atoms with Gasteiger partial charge in [-0.05, 0) is 71.6 Å². The zero-order valence-electron chi connectivity index (χ0n) is 16.6. The van der Waals surface area contributed by atoms with Crippen LogP contribution in [0.15, 0.2) is 67.1 Å². The van der Waals surface area contributed by atoms with Crippen LogP contribution in [-0.2, 0) is 13.0 Å². The van der Waals surface area contributed by atoms with Crippen molar-refractivity contribution in [2.45, 2.75) is 13.0 Å². The van der Waals surface area contributed by atoms with Gasteiger partial charge in [0.2, 0.25) is 0 Å². The van der Waals surface area contributed by atoms with E-state index in [0.717, 1.165) is 58.6 Å². The van der Waals surface area contributed by atoms with E-state index < -0.39 is 0 Å². The summed E-state index contributed by atoms with van der Waals surface area (Å²) in [6.07, 6.45) is 6.61. The van der Waals surface area contributed by atoms with E-state index in [4.69, 9.17) is 0 Å². The van der Waals surface area contributed by atoms with Crippen molar-refractivity contribution in [3.05, 3.63) is 78.2 Å². The Hall–Kier alpha value is -3.55. The number of rotatable bonds is 3. The summed E-state index contributed by atoms with van der Waals surface area (Å²) in [6.45, 7) is 1.93. The lowest BCUT2D eigenvalue weighted by Gasteiger charge is -2.17. The van der Waals surface area contributed by atoms with Crippen molar-refractivity contribution in [1.29, 1.82) is 0 Å². The number of hydrogen-bond acceptors (Lipinski definition) is 5. The summed E-state index contributed by atoms with van der Waals surface area (Å²) >= 11 is 0. The third-order valence-corrected chi connectivity index (χ3v) is 5.65. The topological polar surface area (TPSA) is 84.3 Å². The van der Waals surface area contributed by atoms with Gasteiger partial charge in [-0.25, -0.2) is 4.68 Å². The summed E-state index contributed by atoms with van der Waals surface area (Å²) in [5.41, 5.74) is 8.47. The third-order valence-electron chi connectivity index (χ3n) is 5.65. The van der Waals surface area contributed by atoms with Gasteiger partial charge in [0.25, 0.3) is 0 Å². The van der Waals surface area contributed by atoms with Gasteiger partial charge in [0.15, 0.2) is 0 Å². The predicted octanol–water partition coefficient (Wildman–Crippen LogP) is 3.94. The molecule has 1 aliphatic heterocycles. The van der Waals surface area contributed by atoms with Gasteiger partial charge in [-0.3, -0.25) is 10.1 Å². The summed E-state index contributed by atoms with van der Waals surface area (Å²) in [7, 11) is 0. The summed E-state index contributed by atoms with van der Waals surface area (Å²) in [6, 6.07) is 16.7. The van der Waals surface area contributed by atoms with Crippen molar-refractivity contribution in [3.63, 3.8) is 0 Å². The highest BCUT2D eigenvalue weighted by molar-refractivity contribution is 5.94. The zero-order chi connectivity index (χ0) is 19.9. The predicted molar refractivity (Wildman–Crippen MR) is 122 cm³/mol. The third kappa shape index (κ3) is 3.48. The summed E-state index contributed by atoms with van der Waals surface area (Å²) in [5, 5.41) is 20.8. The van der Waals surface area contributed by atoms with Gasteiger partial charge in [-0.15, -0.1) is 17.5 Å². The molecule has 0 bridgehead atoms. The number of hydrogen-bond donors (Lipinski definition) is 2. The number of nitrogens with one attached hydrogen (secondary N) is 2. The molecule has 4 heterocycles. The second-order valence-electron chi connectivity index (χ2n) is 7.50. The Morgan fingerprint density at radius 1 is 0.903 bits per heavy atom. The molecule has 8 heteroatoms. The summed E-state index contributed by atoms with van der Waals surface area (Å²) in [5.74, 6) is 0. The lowest BCUT2D eigenvalue weighted by atomic mass is 10.0. The van der Waals surface area contributed by atoms with Gasteiger partial charge in [0.1, 0.15) is 11.4 Å². The van der Waals surface area contributed by atoms with E-state index in [0.29, 0.717) is 0 Å². The van der Waals surface area contributed by atoms with Gasteiger partial charge < -0.3 is 5.32 Å². The normalized spacial score (nSPS) is 13.0. The first-order valence-corrected chi connectivity index (χ1v) is 9.99. The first-order chi connectivity index (χ1) is 14.8. The number of fused-ring (bicyclic) bond motifs is 2. The highest BCUT2D eigenvalue weighted by Gasteiger charge is 2.15. The molecule has 0 atom stereocenters. The molecule has 0 radical (unpaired) electrons. The maximum atomic E-state index is 4.51. The molecule has 0 amide bonds. The average molecular weight is 430 g/mol. The van der Waals surface area contributed by atoms with E-state index in [1.54, 1.807) is 12.4 Å². The highest BCUT2D eigenvalue weighted by Crippen LogP contribution is 2.29. The van der Waals surface area contributed by atoms with Crippen LogP contribution in [0.4, 0.5) is 0 Å². The van der Waals surface area contributed by atoms with E-state index in [1.165, 1.54) is 11.1 Å². The molecule has 0 saturated heterocycles. The molecule has 2 N–H and O–H groups in total. The molecular formula is C23H20ClN7. The van der Waals surface area contributed by atoms with Crippen LogP contribution in [0.25, 0.3) is 39.1 Å². The van der Waals surface area contributed by atoms with E-state index in [1.807, 2.05) is 29.1 Å². The molecule has 0 fully saturated rings. The Morgan fingerprint density at radius 2 is 1.81 bits per heavy atom. The number of H-pyrrole nitrogens is 1. The Balaban J connectivity index is 0.00000204. The number of aromatic amines is 1. The van der Waals surface area contributed by atoms with Gasteiger partial charge in [0.05, 0.1) is 17.4 Å². The molecule has 7 nitrogen and oxygen atoms in total. The molecule has 0 unspecified atom stereocenters. The largest absolute Gasteiger partial charge is 0.312 e. The summed E-state index contributed by atoms with van der Waals surface area (Å²) < 4.78 is 1.82. The number of nitrogens with zero attached hydrogens (tertiary/aromatic N) is 5. The van der Waals surface area contributed by atoms with Crippen molar-refractivity contribution in [3.8, 4) is 28.2 Å². The molecule has 3 aromatic heterocycles. The first kappa shape index (κ1) is 19.4. The second-order valence-corrected chi connectivity index (χ2v) is 7.50. The molecule has 6 rings (SSSR count). The van der Waals surface area contributed by atoms with Crippen LogP contribution in [0.3, 0.4) is 0 Å². The lowest BCUT2D eigenvalue weighted by molar-refractivity contribution is 0.642. The van der Waals surface area contributed by atoms with Gasteiger partial charge in [-0.1, -0.05) is 17.3 Å². The number of pyridine rings is 1. The maximum absolute atomic E-state index is 4.51. The van der Waals surface area contributed by atoms with E-state index in [-0.39, 0.29) is 12.4 Å². The lowest BCUT2D eigenvalue weighted by Crippen LogP contribution is -2.23. The van der Waals surface area contributed by atoms with Crippen LogP contribution < -0.4 is 5.32 Å². The first-order valence-electron chi connectivity index (χ1n) is 9.99. The number of halogens is 1. The molecular weight excluding hydrogens is 410 g/mol. The van der Waals surface area contributed by atoms with E-state index >= 15 is 0 Å². The minimum Gasteiger partial charge on any atom is -0.312 e. The van der Waals surface area contributed by atoms with Gasteiger partial charge in [0, 0.05) is 24.3 Å². The van der Waals surface area contributed by atoms with Crippen molar-refractivity contribution >= 4 is 23.3 Å². The minimum atomic E-state index is 0. The average Bonchev–Trinajstić information content (AvgIpc) is 3.46. The van der Waals surface area contributed by atoms with Crippen LogP contribution >= 0.6 is 12.4 Å². The minimum absolute atomic E-state index is 0. The fourth-order valence-corrected chi connectivity index (χ4v) is 4.04. The standard InChI is InChI=1S/C23H19N7.ClH/c1-3-19(11-18-13-25-10-7-15(1)18)30-14-22(27-29-30)23-20-12-17(2-4-21(20)26-28-23)16-5-8-24-9-6-16;/h1-6,8-9,11-12,14,25H,7,10,13H2,(H,26,28);1H.